The Morgan fingerprint density at radius 2 is 2.10 bits per heavy atom. The summed E-state index contributed by atoms with van der Waals surface area (Å²) in [6.45, 7) is 4.41. The van der Waals surface area contributed by atoms with Crippen LogP contribution < -0.4 is 9.62 Å². The van der Waals surface area contributed by atoms with Crippen LogP contribution in [0.5, 0.6) is 0 Å². The second-order valence-electron chi connectivity index (χ2n) is 5.37. The van der Waals surface area contributed by atoms with Gasteiger partial charge in [-0.1, -0.05) is 32.0 Å². The first-order valence-electron chi connectivity index (χ1n) is 7.31. The monoisotopic (exact) mass is 310 g/mol. The van der Waals surface area contributed by atoms with Gasteiger partial charge in [-0.2, -0.15) is 0 Å². The van der Waals surface area contributed by atoms with Gasteiger partial charge in [0.2, 0.25) is 15.9 Å². The van der Waals surface area contributed by atoms with Gasteiger partial charge < -0.3 is 5.32 Å². The quantitative estimate of drug-likeness (QED) is 0.867. The van der Waals surface area contributed by atoms with Crippen LogP contribution in [0, 0.1) is 5.92 Å². The van der Waals surface area contributed by atoms with Crippen molar-refractivity contribution >= 4 is 21.6 Å². The molecule has 1 atom stereocenters. The summed E-state index contributed by atoms with van der Waals surface area (Å²) >= 11 is 0. The largest absolute Gasteiger partial charge is 0.355 e. The first-order chi connectivity index (χ1) is 9.95. The third-order valence-corrected chi connectivity index (χ3v) is 5.67. The van der Waals surface area contributed by atoms with Crippen LogP contribution in [0.1, 0.15) is 25.8 Å². The van der Waals surface area contributed by atoms with Gasteiger partial charge >= 0.3 is 0 Å². The number of carbonyl (C=O) groups excluding carboxylic acids is 1. The molecule has 1 aromatic carbocycles. The molecule has 0 radical (unpaired) electrons. The minimum absolute atomic E-state index is 0.0660. The number of sulfonamides is 1. The standard InChI is InChI=1S/C15H22N2O3S/c1-3-12(2)15(18)16-9-11-21(19,20)17-10-8-13-6-4-5-7-14(13)17/h4-7,12H,3,8-11H2,1-2H3,(H,16,18)/t12-/m0/s1. The van der Waals surface area contributed by atoms with Crippen LogP contribution >= 0.6 is 0 Å². The van der Waals surface area contributed by atoms with Crippen molar-refractivity contribution in [3.63, 3.8) is 0 Å². The third kappa shape index (κ3) is 3.56. The molecular weight excluding hydrogens is 288 g/mol. The summed E-state index contributed by atoms with van der Waals surface area (Å²) in [5.74, 6) is -0.238. The summed E-state index contributed by atoms with van der Waals surface area (Å²) in [5.41, 5.74) is 1.83. The Labute approximate surface area is 126 Å². The number of rotatable bonds is 6. The number of para-hydroxylation sites is 1. The highest BCUT2D eigenvalue weighted by Crippen LogP contribution is 2.29. The van der Waals surface area contributed by atoms with Gasteiger partial charge in [0.25, 0.3) is 0 Å². The van der Waals surface area contributed by atoms with E-state index >= 15 is 0 Å². The number of nitrogens with one attached hydrogen (secondary N) is 1. The number of hydrogen-bond donors (Lipinski definition) is 1. The number of carbonyl (C=O) groups is 1. The molecule has 0 spiro atoms. The van der Waals surface area contributed by atoms with Crippen LogP contribution in [0.2, 0.25) is 0 Å². The molecule has 6 heteroatoms. The lowest BCUT2D eigenvalue weighted by Crippen LogP contribution is -2.38. The van der Waals surface area contributed by atoms with Gasteiger partial charge in [0, 0.05) is 19.0 Å². The van der Waals surface area contributed by atoms with E-state index in [0.717, 1.165) is 24.1 Å². The van der Waals surface area contributed by atoms with Gasteiger partial charge in [-0.3, -0.25) is 9.10 Å². The van der Waals surface area contributed by atoms with E-state index < -0.39 is 10.0 Å². The Hall–Kier alpha value is -1.56. The van der Waals surface area contributed by atoms with Crippen LogP contribution in [-0.4, -0.2) is 33.2 Å². The smallest absolute Gasteiger partial charge is 0.236 e. The molecule has 1 aromatic rings. The van der Waals surface area contributed by atoms with Gasteiger partial charge in [-0.05, 0) is 24.5 Å². The summed E-state index contributed by atoms with van der Waals surface area (Å²) in [5, 5.41) is 2.69. The number of fused-ring (bicyclic) bond motifs is 1. The van der Waals surface area contributed by atoms with Crippen molar-refractivity contribution in [3.05, 3.63) is 29.8 Å². The SMILES string of the molecule is CC[C@H](C)C(=O)NCCS(=O)(=O)N1CCc2ccccc21. The van der Waals surface area contributed by atoms with Gasteiger partial charge in [-0.15, -0.1) is 0 Å². The Kier molecular flexibility index (Phi) is 4.88. The lowest BCUT2D eigenvalue weighted by Gasteiger charge is -2.20. The molecule has 0 bridgehead atoms. The van der Waals surface area contributed by atoms with Crippen molar-refractivity contribution in [1.29, 1.82) is 0 Å². The predicted octanol–water partition coefficient (Wildman–Crippen LogP) is 1.54. The van der Waals surface area contributed by atoms with Crippen molar-refractivity contribution < 1.29 is 13.2 Å². The second-order valence-corrected chi connectivity index (χ2v) is 7.38. The van der Waals surface area contributed by atoms with Gasteiger partial charge in [0.15, 0.2) is 0 Å². The molecule has 1 aliphatic heterocycles. The molecule has 0 saturated heterocycles. The molecule has 1 heterocycles. The van der Waals surface area contributed by atoms with Crippen molar-refractivity contribution in [2.75, 3.05) is 23.1 Å². The Bertz CT molecular complexity index is 613. The molecule has 0 fully saturated rings. The first kappa shape index (κ1) is 15.8. The summed E-state index contributed by atoms with van der Waals surface area (Å²) < 4.78 is 26.2. The predicted molar refractivity (Wildman–Crippen MR) is 83.7 cm³/mol. The molecule has 1 amide bonds. The van der Waals surface area contributed by atoms with Crippen molar-refractivity contribution in [2.45, 2.75) is 26.7 Å². The Morgan fingerprint density at radius 3 is 2.81 bits per heavy atom. The maximum atomic E-state index is 12.4. The van der Waals surface area contributed by atoms with Crippen LogP contribution in [0.4, 0.5) is 5.69 Å². The maximum Gasteiger partial charge on any atom is 0.236 e. The third-order valence-electron chi connectivity index (χ3n) is 3.90. The molecule has 0 aromatic heterocycles. The van der Waals surface area contributed by atoms with Crippen molar-refractivity contribution in [1.82, 2.24) is 5.32 Å². The Morgan fingerprint density at radius 1 is 1.38 bits per heavy atom. The van der Waals surface area contributed by atoms with Gasteiger partial charge in [0.1, 0.15) is 0 Å². The summed E-state index contributed by atoms with van der Waals surface area (Å²) in [6.07, 6.45) is 1.49. The molecule has 1 N–H and O–H groups in total. The second kappa shape index (κ2) is 6.47. The van der Waals surface area contributed by atoms with Gasteiger partial charge in [0.05, 0.1) is 11.4 Å². The van der Waals surface area contributed by atoms with E-state index in [0.29, 0.717) is 6.54 Å². The topological polar surface area (TPSA) is 66.5 Å². The van der Waals surface area contributed by atoms with E-state index in [1.54, 1.807) is 0 Å². The summed E-state index contributed by atoms with van der Waals surface area (Å²) in [4.78, 5) is 11.7. The van der Waals surface area contributed by atoms with Crippen molar-refractivity contribution in [3.8, 4) is 0 Å². The zero-order valence-electron chi connectivity index (χ0n) is 12.5. The van der Waals surface area contributed by atoms with Crippen molar-refractivity contribution in [2.24, 2.45) is 5.92 Å². The molecule has 21 heavy (non-hydrogen) atoms. The highest BCUT2D eigenvalue weighted by atomic mass is 32.2. The fourth-order valence-electron chi connectivity index (χ4n) is 2.37. The fourth-order valence-corrected chi connectivity index (χ4v) is 3.80. The Balaban J connectivity index is 1.96. The molecular formula is C15H22N2O3S. The molecule has 0 aliphatic carbocycles. The van der Waals surface area contributed by atoms with Crippen LogP contribution in [0.3, 0.4) is 0 Å². The van der Waals surface area contributed by atoms with Gasteiger partial charge in [-0.25, -0.2) is 8.42 Å². The molecule has 5 nitrogen and oxygen atoms in total. The van der Waals surface area contributed by atoms with Crippen LogP contribution in [0.15, 0.2) is 24.3 Å². The van der Waals surface area contributed by atoms with E-state index in [1.165, 1.54) is 4.31 Å². The van der Waals surface area contributed by atoms with E-state index in [-0.39, 0.29) is 24.1 Å². The van der Waals surface area contributed by atoms with Crippen LogP contribution in [0.25, 0.3) is 0 Å². The summed E-state index contributed by atoms with van der Waals surface area (Å²) in [6, 6.07) is 7.55. The van der Waals surface area contributed by atoms with E-state index in [1.807, 2.05) is 38.1 Å². The van der Waals surface area contributed by atoms with E-state index in [4.69, 9.17) is 0 Å². The fraction of sp³-hybridized carbons (Fsp3) is 0.533. The van der Waals surface area contributed by atoms with E-state index in [2.05, 4.69) is 5.32 Å². The highest BCUT2D eigenvalue weighted by molar-refractivity contribution is 7.92. The lowest BCUT2D eigenvalue weighted by atomic mass is 10.1. The highest BCUT2D eigenvalue weighted by Gasteiger charge is 2.28. The molecule has 0 saturated carbocycles. The van der Waals surface area contributed by atoms with E-state index in [9.17, 15) is 13.2 Å². The number of hydrogen-bond acceptors (Lipinski definition) is 3. The number of anilines is 1. The number of benzene rings is 1. The zero-order chi connectivity index (χ0) is 15.5. The average molecular weight is 310 g/mol. The maximum absolute atomic E-state index is 12.4. The lowest BCUT2D eigenvalue weighted by molar-refractivity contribution is -0.124. The minimum atomic E-state index is -3.38. The molecule has 0 unspecified atom stereocenters. The average Bonchev–Trinajstić information content (AvgIpc) is 2.90. The molecule has 116 valence electrons. The van der Waals surface area contributed by atoms with Crippen LogP contribution in [-0.2, 0) is 21.2 Å². The molecule has 2 rings (SSSR count). The minimum Gasteiger partial charge on any atom is -0.355 e. The normalized spacial score (nSPS) is 15.6. The first-order valence-corrected chi connectivity index (χ1v) is 8.92. The number of nitrogens with zero attached hydrogens (tertiary/aromatic N) is 1. The summed E-state index contributed by atoms with van der Waals surface area (Å²) in [7, 11) is -3.38. The number of amides is 1. The molecule has 1 aliphatic rings. The zero-order valence-corrected chi connectivity index (χ0v) is 13.3.